The molecule has 2 N–H and O–H groups in total. The molecule has 1 aromatic carbocycles. The predicted molar refractivity (Wildman–Crippen MR) is 62.7 cm³/mol. The maximum Gasteiger partial charge on any atom is 0.421 e. The van der Waals surface area contributed by atoms with Crippen molar-refractivity contribution in [3.63, 3.8) is 0 Å². The number of carbonyl (C=O) groups excluding carboxylic acids is 1. The first kappa shape index (κ1) is 12.5. The SMILES string of the molecule is CCCCNNC(=O)OCc1ccccc1. The number of amides is 1. The third kappa shape index (κ3) is 5.36. The minimum absolute atomic E-state index is 0.294. The molecule has 0 bridgehead atoms. The van der Waals surface area contributed by atoms with Crippen molar-refractivity contribution in [2.45, 2.75) is 26.4 Å². The van der Waals surface area contributed by atoms with E-state index in [9.17, 15) is 4.79 Å². The molecule has 4 heteroatoms. The van der Waals surface area contributed by atoms with E-state index in [2.05, 4.69) is 17.8 Å². The molecular formula is C12H18N2O2. The fraction of sp³-hybridized carbons (Fsp3) is 0.417. The predicted octanol–water partition coefficient (Wildman–Crippen LogP) is 2.22. The minimum atomic E-state index is -0.444. The highest BCUT2D eigenvalue weighted by atomic mass is 16.6. The largest absolute Gasteiger partial charge is 0.444 e. The highest BCUT2D eigenvalue weighted by molar-refractivity contribution is 5.66. The molecular weight excluding hydrogens is 204 g/mol. The van der Waals surface area contributed by atoms with E-state index in [1.807, 2.05) is 30.3 Å². The Hall–Kier alpha value is -1.55. The summed E-state index contributed by atoms with van der Waals surface area (Å²) in [6, 6.07) is 9.58. The molecule has 0 aliphatic carbocycles. The van der Waals surface area contributed by atoms with Gasteiger partial charge in [0.05, 0.1) is 0 Å². The van der Waals surface area contributed by atoms with Crippen LogP contribution in [0.5, 0.6) is 0 Å². The van der Waals surface area contributed by atoms with Crippen LogP contribution in [0, 0.1) is 0 Å². The van der Waals surface area contributed by atoms with Gasteiger partial charge in [-0.15, -0.1) is 0 Å². The zero-order valence-electron chi connectivity index (χ0n) is 9.53. The van der Waals surface area contributed by atoms with Gasteiger partial charge >= 0.3 is 6.09 Å². The van der Waals surface area contributed by atoms with Gasteiger partial charge in [-0.3, -0.25) is 5.43 Å². The lowest BCUT2D eigenvalue weighted by Gasteiger charge is -2.07. The van der Waals surface area contributed by atoms with Crippen LogP contribution in [0.4, 0.5) is 4.79 Å². The average Bonchev–Trinajstić information content (AvgIpc) is 2.33. The Morgan fingerprint density at radius 3 is 2.75 bits per heavy atom. The maximum absolute atomic E-state index is 11.2. The van der Waals surface area contributed by atoms with E-state index in [1.165, 1.54) is 0 Å². The number of carbonyl (C=O) groups is 1. The molecule has 0 saturated carbocycles. The molecule has 0 aliphatic heterocycles. The summed E-state index contributed by atoms with van der Waals surface area (Å²) in [4.78, 5) is 11.2. The topological polar surface area (TPSA) is 50.4 Å². The molecule has 0 radical (unpaired) electrons. The number of hydrazine groups is 1. The lowest BCUT2D eigenvalue weighted by Crippen LogP contribution is -2.38. The number of benzene rings is 1. The van der Waals surface area contributed by atoms with Gasteiger partial charge in [-0.1, -0.05) is 43.7 Å². The molecule has 0 saturated heterocycles. The number of ether oxygens (including phenoxy) is 1. The van der Waals surface area contributed by atoms with Crippen molar-refractivity contribution in [1.82, 2.24) is 10.9 Å². The van der Waals surface area contributed by atoms with Gasteiger partial charge in [-0.2, -0.15) is 0 Å². The second-order valence-corrected chi connectivity index (χ2v) is 3.47. The summed E-state index contributed by atoms with van der Waals surface area (Å²) in [5.74, 6) is 0. The van der Waals surface area contributed by atoms with Crippen LogP contribution in [0.3, 0.4) is 0 Å². The van der Waals surface area contributed by atoms with Crippen molar-refractivity contribution in [2.24, 2.45) is 0 Å². The smallest absolute Gasteiger partial charge is 0.421 e. The number of hydrogen-bond donors (Lipinski definition) is 2. The van der Waals surface area contributed by atoms with Crippen LogP contribution < -0.4 is 10.9 Å². The highest BCUT2D eigenvalue weighted by Gasteiger charge is 2.00. The molecule has 0 unspecified atom stereocenters. The van der Waals surface area contributed by atoms with Gasteiger partial charge in [-0.05, 0) is 12.0 Å². The summed E-state index contributed by atoms with van der Waals surface area (Å²) in [5.41, 5.74) is 6.25. The summed E-state index contributed by atoms with van der Waals surface area (Å²) < 4.78 is 5.00. The molecule has 0 aromatic heterocycles. The summed E-state index contributed by atoms with van der Waals surface area (Å²) in [6.07, 6.45) is 1.67. The second-order valence-electron chi connectivity index (χ2n) is 3.47. The van der Waals surface area contributed by atoms with E-state index in [4.69, 9.17) is 4.74 Å². The summed E-state index contributed by atoms with van der Waals surface area (Å²) in [5, 5.41) is 0. The van der Waals surface area contributed by atoms with Gasteiger partial charge in [0.15, 0.2) is 0 Å². The lowest BCUT2D eigenvalue weighted by atomic mass is 10.2. The fourth-order valence-electron chi connectivity index (χ4n) is 1.16. The van der Waals surface area contributed by atoms with Crippen molar-refractivity contribution in [1.29, 1.82) is 0 Å². The molecule has 88 valence electrons. The number of unbranched alkanes of at least 4 members (excludes halogenated alkanes) is 1. The zero-order valence-corrected chi connectivity index (χ0v) is 9.53. The third-order valence-corrected chi connectivity index (χ3v) is 2.06. The van der Waals surface area contributed by atoms with Crippen molar-refractivity contribution >= 4 is 6.09 Å². The molecule has 0 aliphatic rings. The Balaban J connectivity index is 2.11. The van der Waals surface area contributed by atoms with E-state index < -0.39 is 6.09 Å². The Morgan fingerprint density at radius 1 is 1.31 bits per heavy atom. The van der Waals surface area contributed by atoms with Gasteiger partial charge in [-0.25, -0.2) is 10.2 Å². The Bertz CT molecular complexity index is 301. The molecule has 0 atom stereocenters. The monoisotopic (exact) mass is 222 g/mol. The Morgan fingerprint density at radius 2 is 2.06 bits per heavy atom. The molecule has 1 aromatic rings. The van der Waals surface area contributed by atoms with E-state index in [0.717, 1.165) is 24.9 Å². The summed E-state index contributed by atoms with van der Waals surface area (Å²) in [7, 11) is 0. The first-order valence-electron chi connectivity index (χ1n) is 5.52. The molecule has 0 spiro atoms. The first-order chi connectivity index (χ1) is 7.83. The van der Waals surface area contributed by atoms with E-state index in [1.54, 1.807) is 0 Å². The third-order valence-electron chi connectivity index (χ3n) is 2.06. The standard InChI is InChI=1S/C12H18N2O2/c1-2-3-9-13-14-12(15)16-10-11-7-5-4-6-8-11/h4-8,13H,2-3,9-10H2,1H3,(H,14,15). The van der Waals surface area contributed by atoms with Gasteiger partial charge in [0, 0.05) is 6.54 Å². The zero-order chi connectivity index (χ0) is 11.6. The van der Waals surface area contributed by atoms with Crippen molar-refractivity contribution < 1.29 is 9.53 Å². The molecule has 4 nitrogen and oxygen atoms in total. The average molecular weight is 222 g/mol. The van der Waals surface area contributed by atoms with E-state index >= 15 is 0 Å². The van der Waals surface area contributed by atoms with Crippen LogP contribution in [0.25, 0.3) is 0 Å². The first-order valence-corrected chi connectivity index (χ1v) is 5.52. The summed E-state index contributed by atoms with van der Waals surface area (Å²) >= 11 is 0. The molecule has 1 rings (SSSR count). The molecule has 16 heavy (non-hydrogen) atoms. The van der Waals surface area contributed by atoms with Gasteiger partial charge < -0.3 is 4.74 Å². The molecule has 0 fully saturated rings. The highest BCUT2D eigenvalue weighted by Crippen LogP contribution is 1.99. The van der Waals surface area contributed by atoms with Crippen LogP contribution in [0.1, 0.15) is 25.3 Å². The van der Waals surface area contributed by atoms with Gasteiger partial charge in [0.25, 0.3) is 0 Å². The van der Waals surface area contributed by atoms with Crippen LogP contribution in [-0.4, -0.2) is 12.6 Å². The number of rotatable bonds is 6. The van der Waals surface area contributed by atoms with Crippen LogP contribution in [0.2, 0.25) is 0 Å². The van der Waals surface area contributed by atoms with Crippen LogP contribution in [0.15, 0.2) is 30.3 Å². The lowest BCUT2D eigenvalue weighted by molar-refractivity contribution is 0.135. The number of nitrogens with one attached hydrogen (secondary N) is 2. The van der Waals surface area contributed by atoms with E-state index in [-0.39, 0.29) is 0 Å². The van der Waals surface area contributed by atoms with Gasteiger partial charge in [0.1, 0.15) is 6.61 Å². The normalized spacial score (nSPS) is 9.81. The fourth-order valence-corrected chi connectivity index (χ4v) is 1.16. The van der Waals surface area contributed by atoms with Crippen LogP contribution in [-0.2, 0) is 11.3 Å². The van der Waals surface area contributed by atoms with Crippen molar-refractivity contribution in [3.8, 4) is 0 Å². The number of hydrogen-bond acceptors (Lipinski definition) is 3. The van der Waals surface area contributed by atoms with Crippen molar-refractivity contribution in [2.75, 3.05) is 6.54 Å². The molecule has 1 amide bonds. The van der Waals surface area contributed by atoms with Crippen LogP contribution >= 0.6 is 0 Å². The quantitative estimate of drug-likeness (QED) is 0.573. The van der Waals surface area contributed by atoms with Crippen molar-refractivity contribution in [3.05, 3.63) is 35.9 Å². The maximum atomic E-state index is 11.2. The van der Waals surface area contributed by atoms with Gasteiger partial charge in [0.2, 0.25) is 0 Å². The minimum Gasteiger partial charge on any atom is -0.444 e. The second kappa shape index (κ2) is 7.70. The summed E-state index contributed by atoms with van der Waals surface area (Å²) in [6.45, 7) is 3.15. The Labute approximate surface area is 96.0 Å². The Kier molecular flexibility index (Phi) is 6.03. The molecule has 0 heterocycles. The van der Waals surface area contributed by atoms with E-state index in [0.29, 0.717) is 6.61 Å².